The molecular formula is C30H39N5O3. The smallest absolute Gasteiger partial charge is 0.317 e. The number of carbonyl (C=O) groups is 2. The Morgan fingerprint density at radius 2 is 1.68 bits per heavy atom. The summed E-state index contributed by atoms with van der Waals surface area (Å²) in [5.74, 6) is -0.188. The molecule has 5 rings (SSSR count). The summed E-state index contributed by atoms with van der Waals surface area (Å²) in [5, 5.41) is 4.58. The molecular weight excluding hydrogens is 478 g/mol. The molecule has 0 N–H and O–H groups in total. The molecule has 1 aliphatic heterocycles. The van der Waals surface area contributed by atoms with E-state index in [0.29, 0.717) is 18.0 Å². The quantitative estimate of drug-likeness (QED) is 0.312. The van der Waals surface area contributed by atoms with Crippen LogP contribution in [-0.2, 0) is 40.0 Å². The van der Waals surface area contributed by atoms with E-state index in [1.807, 2.05) is 20.8 Å². The fraction of sp³-hybridized carbons (Fsp3) is 0.600. The lowest BCUT2D eigenvalue weighted by atomic mass is 9.73. The third-order valence-corrected chi connectivity index (χ3v) is 8.79. The summed E-state index contributed by atoms with van der Waals surface area (Å²) in [6.45, 7) is 10.2. The number of pyridine rings is 1. The van der Waals surface area contributed by atoms with Gasteiger partial charge in [-0.3, -0.25) is 14.6 Å². The van der Waals surface area contributed by atoms with E-state index >= 15 is 0 Å². The first-order valence-corrected chi connectivity index (χ1v) is 14.2. The van der Waals surface area contributed by atoms with Crippen molar-refractivity contribution in [2.24, 2.45) is 11.8 Å². The SMILES string of the molecule is CCc1cc(CC[C@]2(C3CCCC3)CC(=O)C(Cc3nc4nc(C)c(C)c(C)n4n3)C(=O)O2)cc(CC)n1. The number of aromatic nitrogens is 5. The van der Waals surface area contributed by atoms with Gasteiger partial charge in [0, 0.05) is 35.6 Å². The van der Waals surface area contributed by atoms with E-state index < -0.39 is 17.5 Å². The van der Waals surface area contributed by atoms with Crippen LogP contribution in [0.3, 0.4) is 0 Å². The molecule has 0 amide bonds. The third-order valence-electron chi connectivity index (χ3n) is 8.79. The minimum absolute atomic E-state index is 0.0535. The number of ether oxygens (including phenoxy) is 1. The molecule has 4 heterocycles. The maximum atomic E-state index is 13.6. The summed E-state index contributed by atoms with van der Waals surface area (Å²) in [4.78, 5) is 40.8. The van der Waals surface area contributed by atoms with Crippen molar-refractivity contribution in [1.82, 2.24) is 24.6 Å². The molecule has 0 spiro atoms. The summed E-state index contributed by atoms with van der Waals surface area (Å²) in [6.07, 6.45) is 7.84. The summed E-state index contributed by atoms with van der Waals surface area (Å²) in [5.41, 5.74) is 5.55. The van der Waals surface area contributed by atoms with Gasteiger partial charge in [0.15, 0.2) is 11.6 Å². The van der Waals surface area contributed by atoms with Crippen LogP contribution in [0.2, 0.25) is 0 Å². The number of hydrogen-bond donors (Lipinski definition) is 0. The predicted octanol–water partition coefficient (Wildman–Crippen LogP) is 4.81. The molecule has 1 saturated heterocycles. The summed E-state index contributed by atoms with van der Waals surface area (Å²) >= 11 is 0. The van der Waals surface area contributed by atoms with Crippen LogP contribution in [0.1, 0.15) is 92.1 Å². The van der Waals surface area contributed by atoms with Gasteiger partial charge in [0.2, 0.25) is 0 Å². The first kappa shape index (κ1) is 26.4. The van der Waals surface area contributed by atoms with Crippen LogP contribution < -0.4 is 0 Å². The van der Waals surface area contributed by atoms with Crippen LogP contribution in [-0.4, -0.2) is 41.9 Å². The van der Waals surface area contributed by atoms with Crippen molar-refractivity contribution in [1.29, 1.82) is 0 Å². The highest BCUT2D eigenvalue weighted by atomic mass is 16.6. The molecule has 1 saturated carbocycles. The van der Waals surface area contributed by atoms with E-state index in [4.69, 9.17) is 9.72 Å². The van der Waals surface area contributed by atoms with Crippen molar-refractivity contribution >= 4 is 17.5 Å². The largest absolute Gasteiger partial charge is 0.458 e. The van der Waals surface area contributed by atoms with Crippen molar-refractivity contribution in [2.75, 3.05) is 0 Å². The maximum Gasteiger partial charge on any atom is 0.317 e. The van der Waals surface area contributed by atoms with E-state index in [1.165, 1.54) is 5.56 Å². The first-order chi connectivity index (χ1) is 18.2. The second kappa shape index (κ2) is 10.5. The number of carbonyl (C=O) groups excluding carboxylic acids is 2. The number of ketones is 1. The highest BCUT2D eigenvalue weighted by Gasteiger charge is 2.51. The number of esters is 1. The summed E-state index contributed by atoms with van der Waals surface area (Å²) < 4.78 is 8.03. The molecule has 2 atom stereocenters. The van der Waals surface area contributed by atoms with Gasteiger partial charge in [0.05, 0.1) is 0 Å². The van der Waals surface area contributed by atoms with Gasteiger partial charge in [-0.15, -0.1) is 5.10 Å². The van der Waals surface area contributed by atoms with Crippen LogP contribution in [0.25, 0.3) is 5.78 Å². The van der Waals surface area contributed by atoms with Crippen molar-refractivity contribution < 1.29 is 14.3 Å². The molecule has 8 heteroatoms. The number of fused-ring (bicyclic) bond motifs is 1. The van der Waals surface area contributed by atoms with Crippen molar-refractivity contribution in [3.05, 3.63) is 51.9 Å². The Morgan fingerprint density at radius 3 is 2.32 bits per heavy atom. The number of rotatable bonds is 8. The number of hydrogen-bond acceptors (Lipinski definition) is 7. The van der Waals surface area contributed by atoms with Crippen molar-refractivity contribution in [2.45, 2.75) is 104 Å². The zero-order chi connectivity index (χ0) is 27.0. The van der Waals surface area contributed by atoms with Crippen LogP contribution in [0.4, 0.5) is 0 Å². The zero-order valence-corrected chi connectivity index (χ0v) is 23.3. The highest BCUT2D eigenvalue weighted by Crippen LogP contribution is 2.45. The Balaban J connectivity index is 1.37. The number of aryl methyl sites for hydroxylation is 5. The summed E-state index contributed by atoms with van der Waals surface area (Å²) in [7, 11) is 0. The molecule has 1 aliphatic carbocycles. The maximum absolute atomic E-state index is 13.6. The molecule has 2 aliphatic rings. The molecule has 0 radical (unpaired) electrons. The van der Waals surface area contributed by atoms with Crippen molar-refractivity contribution in [3.63, 3.8) is 0 Å². The first-order valence-electron chi connectivity index (χ1n) is 14.2. The standard InChI is InChI=1S/C30H39N5O3/c1-6-23-14-21(15-24(7-2)32-23)12-13-30(22-10-8-9-11-22)17-26(36)25(28(37)38-30)16-27-33-29-31-19(4)18(3)20(5)35(29)34-27/h14-15,22,25H,6-13,16-17H2,1-5H3/t25?,30-/m1/s1. The lowest BCUT2D eigenvalue weighted by molar-refractivity contribution is -0.185. The van der Waals surface area contributed by atoms with E-state index in [9.17, 15) is 9.59 Å². The van der Waals surface area contributed by atoms with Gasteiger partial charge in [-0.2, -0.15) is 4.98 Å². The van der Waals surface area contributed by atoms with Crippen molar-refractivity contribution in [3.8, 4) is 0 Å². The van der Waals surface area contributed by atoms with Gasteiger partial charge < -0.3 is 4.74 Å². The van der Waals surface area contributed by atoms with Crippen LogP contribution in [0.15, 0.2) is 12.1 Å². The van der Waals surface area contributed by atoms with Crippen LogP contribution in [0, 0.1) is 32.6 Å². The van der Waals surface area contributed by atoms with Crippen LogP contribution in [0.5, 0.6) is 0 Å². The molecule has 8 nitrogen and oxygen atoms in total. The van der Waals surface area contributed by atoms with Gasteiger partial charge in [-0.05, 0) is 88.5 Å². The Labute approximate surface area is 224 Å². The number of cyclic esters (lactones) is 1. The van der Waals surface area contributed by atoms with Gasteiger partial charge in [0.1, 0.15) is 11.5 Å². The number of nitrogens with zero attached hydrogens (tertiary/aromatic N) is 5. The zero-order valence-electron chi connectivity index (χ0n) is 23.3. The van der Waals surface area contributed by atoms with E-state index in [2.05, 4.69) is 41.0 Å². The molecule has 3 aromatic heterocycles. The molecule has 0 aromatic carbocycles. The summed E-state index contributed by atoms with van der Waals surface area (Å²) in [6, 6.07) is 4.32. The monoisotopic (exact) mass is 517 g/mol. The Kier molecular flexibility index (Phi) is 7.34. The minimum Gasteiger partial charge on any atom is -0.458 e. The lowest BCUT2D eigenvalue weighted by Gasteiger charge is -2.43. The fourth-order valence-electron chi connectivity index (χ4n) is 6.22. The van der Waals surface area contributed by atoms with E-state index in [1.54, 1.807) is 4.52 Å². The highest BCUT2D eigenvalue weighted by molar-refractivity contribution is 6.01. The Morgan fingerprint density at radius 1 is 1.00 bits per heavy atom. The van der Waals surface area contributed by atoms with E-state index in [0.717, 1.165) is 73.3 Å². The van der Waals surface area contributed by atoms with E-state index in [-0.39, 0.29) is 24.5 Å². The Hall–Kier alpha value is -3.16. The van der Waals surface area contributed by atoms with Gasteiger partial charge >= 0.3 is 5.97 Å². The average molecular weight is 518 g/mol. The lowest BCUT2D eigenvalue weighted by Crippen LogP contribution is -2.52. The molecule has 0 bridgehead atoms. The second-order valence-corrected chi connectivity index (χ2v) is 11.2. The number of Topliss-reactive ketones (excluding diaryl/α,β-unsaturated/α-hetero) is 1. The predicted molar refractivity (Wildman–Crippen MR) is 144 cm³/mol. The molecule has 3 aromatic rings. The topological polar surface area (TPSA) is 99.3 Å². The van der Waals surface area contributed by atoms with Gasteiger partial charge in [-0.25, -0.2) is 9.50 Å². The average Bonchev–Trinajstić information content (AvgIpc) is 3.59. The fourth-order valence-corrected chi connectivity index (χ4v) is 6.22. The molecule has 2 fully saturated rings. The Bertz CT molecular complexity index is 1330. The normalized spacial score (nSPS) is 22.4. The third kappa shape index (κ3) is 4.97. The van der Waals surface area contributed by atoms with Gasteiger partial charge in [-0.1, -0.05) is 26.7 Å². The van der Waals surface area contributed by atoms with Gasteiger partial charge in [0.25, 0.3) is 5.78 Å². The molecule has 38 heavy (non-hydrogen) atoms. The molecule has 202 valence electrons. The van der Waals surface area contributed by atoms with Crippen LogP contribution >= 0.6 is 0 Å². The minimum atomic E-state index is -0.872. The second-order valence-electron chi connectivity index (χ2n) is 11.2. The molecule has 1 unspecified atom stereocenters.